The van der Waals surface area contributed by atoms with Gasteiger partial charge in [0.15, 0.2) is 6.73 Å². The van der Waals surface area contributed by atoms with Crippen molar-refractivity contribution in [2.45, 2.75) is 47.0 Å². The fourth-order valence-electron chi connectivity index (χ4n) is 2.73. The van der Waals surface area contributed by atoms with E-state index < -0.39 is 0 Å². The molecular weight excluding hydrogens is 312 g/mol. The molecule has 0 aliphatic rings. The molecule has 0 aromatic heterocycles. The third kappa shape index (κ3) is 4.75. The Balaban J connectivity index is 1.98. The summed E-state index contributed by atoms with van der Waals surface area (Å²) in [5, 5.41) is 5.67. The lowest BCUT2D eigenvalue weighted by Crippen LogP contribution is -2.33. The summed E-state index contributed by atoms with van der Waals surface area (Å²) in [7, 11) is 0. The van der Waals surface area contributed by atoms with Gasteiger partial charge in [-0.3, -0.25) is 0 Å². The van der Waals surface area contributed by atoms with E-state index in [1.165, 1.54) is 5.56 Å². The summed E-state index contributed by atoms with van der Waals surface area (Å²) in [6.45, 7) is 12.6. The van der Waals surface area contributed by atoms with E-state index in [1.807, 2.05) is 51.1 Å². The highest BCUT2D eigenvalue weighted by Gasteiger charge is 2.18. The molecular formula is C21H28N2O2. The molecule has 0 saturated carbocycles. The van der Waals surface area contributed by atoms with Crippen LogP contribution in [0.5, 0.6) is 5.75 Å². The summed E-state index contributed by atoms with van der Waals surface area (Å²) in [6.07, 6.45) is 0. The van der Waals surface area contributed by atoms with Gasteiger partial charge in [0.1, 0.15) is 5.75 Å². The van der Waals surface area contributed by atoms with Crippen LogP contribution in [-0.4, -0.2) is 12.8 Å². The second-order valence-corrected chi connectivity index (χ2v) is 7.37. The number of nitrogens with one attached hydrogen (secondary N) is 2. The topological polar surface area (TPSA) is 50.4 Å². The van der Waals surface area contributed by atoms with Gasteiger partial charge in [-0.15, -0.1) is 0 Å². The SMILES string of the molecule is Cc1ccc(C)c(OCNC(=O)Nc2ccccc2C(C)(C)C)c1C. The Morgan fingerprint density at radius 3 is 2.32 bits per heavy atom. The van der Waals surface area contributed by atoms with Gasteiger partial charge in [-0.05, 0) is 54.5 Å². The summed E-state index contributed by atoms with van der Waals surface area (Å²) in [6, 6.07) is 11.7. The predicted molar refractivity (Wildman–Crippen MR) is 103 cm³/mol. The lowest BCUT2D eigenvalue weighted by atomic mass is 9.86. The number of carbonyl (C=O) groups excluding carboxylic acids is 1. The largest absolute Gasteiger partial charge is 0.473 e. The maximum absolute atomic E-state index is 12.2. The van der Waals surface area contributed by atoms with E-state index >= 15 is 0 Å². The molecule has 2 amide bonds. The second-order valence-electron chi connectivity index (χ2n) is 7.37. The Morgan fingerprint density at radius 1 is 1.00 bits per heavy atom. The number of hydrogen-bond acceptors (Lipinski definition) is 2. The molecule has 0 radical (unpaired) electrons. The van der Waals surface area contributed by atoms with Gasteiger partial charge < -0.3 is 15.4 Å². The van der Waals surface area contributed by atoms with Crippen LogP contribution in [-0.2, 0) is 5.41 Å². The van der Waals surface area contributed by atoms with Gasteiger partial charge >= 0.3 is 6.03 Å². The average molecular weight is 340 g/mol. The molecule has 0 fully saturated rings. The molecule has 2 N–H and O–H groups in total. The smallest absolute Gasteiger partial charge is 0.321 e. The van der Waals surface area contributed by atoms with E-state index in [9.17, 15) is 4.79 Å². The zero-order valence-electron chi connectivity index (χ0n) is 16.0. The molecule has 2 rings (SSSR count). The van der Waals surface area contributed by atoms with Crippen molar-refractivity contribution in [3.8, 4) is 5.75 Å². The highest BCUT2D eigenvalue weighted by atomic mass is 16.5. The van der Waals surface area contributed by atoms with E-state index in [4.69, 9.17) is 4.74 Å². The molecule has 4 heteroatoms. The fraction of sp³-hybridized carbons (Fsp3) is 0.381. The quantitative estimate of drug-likeness (QED) is 0.764. The molecule has 0 unspecified atom stereocenters. The molecule has 0 atom stereocenters. The molecule has 0 aliphatic heterocycles. The normalized spacial score (nSPS) is 11.1. The standard InChI is InChI=1S/C21H28N2O2/c1-14-11-12-15(2)19(16(14)3)25-13-22-20(24)23-18-10-8-7-9-17(18)21(4,5)6/h7-12H,13H2,1-6H3,(H2,22,23,24). The Bertz CT molecular complexity index is 761. The molecule has 2 aromatic rings. The first-order chi connectivity index (χ1) is 11.7. The lowest BCUT2D eigenvalue weighted by Gasteiger charge is -2.23. The first kappa shape index (κ1) is 18.8. The summed E-state index contributed by atoms with van der Waals surface area (Å²) < 4.78 is 5.78. The van der Waals surface area contributed by atoms with Crippen molar-refractivity contribution >= 4 is 11.7 Å². The van der Waals surface area contributed by atoms with E-state index in [0.29, 0.717) is 0 Å². The second kappa shape index (κ2) is 7.60. The van der Waals surface area contributed by atoms with Gasteiger partial charge in [-0.1, -0.05) is 51.1 Å². The van der Waals surface area contributed by atoms with E-state index in [1.54, 1.807) is 0 Å². The molecule has 0 spiro atoms. The summed E-state index contributed by atoms with van der Waals surface area (Å²) in [4.78, 5) is 12.2. The molecule has 25 heavy (non-hydrogen) atoms. The minimum Gasteiger partial charge on any atom is -0.473 e. The van der Waals surface area contributed by atoms with Crippen molar-refractivity contribution in [3.63, 3.8) is 0 Å². The minimum atomic E-state index is -0.278. The number of aryl methyl sites for hydroxylation is 2. The molecule has 0 saturated heterocycles. The van der Waals surface area contributed by atoms with Crippen LogP contribution in [0.2, 0.25) is 0 Å². The number of para-hydroxylation sites is 1. The van der Waals surface area contributed by atoms with Crippen LogP contribution in [0, 0.1) is 20.8 Å². The van der Waals surface area contributed by atoms with Crippen LogP contribution < -0.4 is 15.4 Å². The Kier molecular flexibility index (Phi) is 5.73. The molecule has 4 nitrogen and oxygen atoms in total. The summed E-state index contributed by atoms with van der Waals surface area (Å²) >= 11 is 0. The molecule has 2 aromatic carbocycles. The first-order valence-corrected chi connectivity index (χ1v) is 8.54. The first-order valence-electron chi connectivity index (χ1n) is 8.54. The summed E-state index contributed by atoms with van der Waals surface area (Å²) in [5.41, 5.74) is 5.19. The maximum atomic E-state index is 12.2. The van der Waals surface area contributed by atoms with E-state index in [2.05, 4.69) is 37.5 Å². The fourth-order valence-corrected chi connectivity index (χ4v) is 2.73. The van der Waals surface area contributed by atoms with E-state index in [0.717, 1.165) is 28.1 Å². The number of amides is 2. The van der Waals surface area contributed by atoms with Crippen LogP contribution in [0.1, 0.15) is 43.0 Å². The lowest BCUT2D eigenvalue weighted by molar-refractivity contribution is 0.234. The third-order valence-corrected chi connectivity index (χ3v) is 4.31. The van der Waals surface area contributed by atoms with Crippen molar-refractivity contribution in [2.75, 3.05) is 12.0 Å². The number of rotatable bonds is 4. The van der Waals surface area contributed by atoms with Gasteiger partial charge in [0, 0.05) is 5.69 Å². The van der Waals surface area contributed by atoms with Crippen LogP contribution >= 0.6 is 0 Å². The summed E-state index contributed by atoms with van der Waals surface area (Å²) in [5.74, 6) is 0.829. The Morgan fingerprint density at radius 2 is 1.64 bits per heavy atom. The Hall–Kier alpha value is -2.49. The highest BCUT2D eigenvalue weighted by molar-refractivity contribution is 5.90. The number of ether oxygens (including phenoxy) is 1. The van der Waals surface area contributed by atoms with Crippen molar-refractivity contribution in [1.82, 2.24) is 5.32 Å². The number of urea groups is 1. The monoisotopic (exact) mass is 340 g/mol. The highest BCUT2D eigenvalue weighted by Crippen LogP contribution is 2.29. The number of hydrogen-bond donors (Lipinski definition) is 2. The number of carbonyl (C=O) groups is 1. The van der Waals surface area contributed by atoms with Gasteiger partial charge in [-0.25, -0.2) is 4.79 Å². The van der Waals surface area contributed by atoms with Crippen LogP contribution in [0.3, 0.4) is 0 Å². The van der Waals surface area contributed by atoms with Crippen LogP contribution in [0.15, 0.2) is 36.4 Å². The van der Waals surface area contributed by atoms with E-state index in [-0.39, 0.29) is 18.2 Å². The van der Waals surface area contributed by atoms with Gasteiger partial charge in [0.25, 0.3) is 0 Å². The van der Waals surface area contributed by atoms with Crippen molar-refractivity contribution in [2.24, 2.45) is 0 Å². The molecule has 0 heterocycles. The predicted octanol–water partition coefficient (Wildman–Crippen LogP) is 5.07. The molecule has 0 bridgehead atoms. The zero-order valence-corrected chi connectivity index (χ0v) is 16.0. The Labute approximate surface area is 150 Å². The van der Waals surface area contributed by atoms with Gasteiger partial charge in [-0.2, -0.15) is 0 Å². The molecule has 134 valence electrons. The molecule has 0 aliphatic carbocycles. The van der Waals surface area contributed by atoms with Crippen molar-refractivity contribution in [1.29, 1.82) is 0 Å². The zero-order chi connectivity index (χ0) is 18.6. The number of benzene rings is 2. The van der Waals surface area contributed by atoms with Crippen LogP contribution in [0.4, 0.5) is 10.5 Å². The van der Waals surface area contributed by atoms with Gasteiger partial charge in [0.2, 0.25) is 0 Å². The van der Waals surface area contributed by atoms with Crippen molar-refractivity contribution < 1.29 is 9.53 Å². The average Bonchev–Trinajstić information content (AvgIpc) is 2.54. The van der Waals surface area contributed by atoms with Crippen molar-refractivity contribution in [3.05, 3.63) is 58.7 Å². The van der Waals surface area contributed by atoms with Crippen LogP contribution in [0.25, 0.3) is 0 Å². The van der Waals surface area contributed by atoms with Gasteiger partial charge in [0.05, 0.1) is 0 Å². The minimum absolute atomic E-state index is 0.0455. The maximum Gasteiger partial charge on any atom is 0.321 e. The number of anilines is 1. The third-order valence-electron chi connectivity index (χ3n) is 4.31.